The molecular formula is C16H12ClFN2O2. The minimum Gasteiger partial charge on any atom is -0.371 e. The molecule has 22 heavy (non-hydrogen) atoms. The van der Waals surface area contributed by atoms with Crippen LogP contribution in [0.15, 0.2) is 48.5 Å². The van der Waals surface area contributed by atoms with E-state index >= 15 is 0 Å². The highest BCUT2D eigenvalue weighted by molar-refractivity contribution is 6.31. The van der Waals surface area contributed by atoms with Crippen LogP contribution in [-0.2, 0) is 9.59 Å². The number of hydrogen-bond acceptors (Lipinski definition) is 3. The van der Waals surface area contributed by atoms with Crippen LogP contribution in [0, 0.1) is 5.82 Å². The molecule has 1 aliphatic rings. The predicted molar refractivity (Wildman–Crippen MR) is 82.4 cm³/mol. The summed E-state index contributed by atoms with van der Waals surface area (Å²) in [5.41, 5.74) is 0.613. The number of para-hydroxylation sites is 1. The van der Waals surface area contributed by atoms with E-state index in [-0.39, 0.29) is 18.0 Å². The Morgan fingerprint density at radius 2 is 1.91 bits per heavy atom. The van der Waals surface area contributed by atoms with Crippen molar-refractivity contribution in [2.75, 3.05) is 10.2 Å². The molecule has 112 valence electrons. The van der Waals surface area contributed by atoms with Crippen molar-refractivity contribution in [1.82, 2.24) is 0 Å². The molecule has 1 aliphatic heterocycles. The maximum absolute atomic E-state index is 13.7. The number of amides is 2. The summed E-state index contributed by atoms with van der Waals surface area (Å²) in [6.07, 6.45) is -0.0281. The number of carbonyl (C=O) groups is 2. The highest BCUT2D eigenvalue weighted by Gasteiger charge is 2.39. The molecule has 1 N–H and O–H groups in total. The van der Waals surface area contributed by atoms with Crippen LogP contribution >= 0.6 is 11.6 Å². The van der Waals surface area contributed by atoms with E-state index in [1.165, 1.54) is 12.1 Å². The minimum atomic E-state index is -0.789. The summed E-state index contributed by atoms with van der Waals surface area (Å²) >= 11 is 5.89. The molecular weight excluding hydrogens is 307 g/mol. The van der Waals surface area contributed by atoms with Crippen molar-refractivity contribution in [2.24, 2.45) is 0 Å². The van der Waals surface area contributed by atoms with E-state index in [9.17, 15) is 14.0 Å². The molecule has 0 bridgehead atoms. The highest BCUT2D eigenvalue weighted by atomic mass is 35.5. The molecule has 0 aromatic heterocycles. The second-order valence-electron chi connectivity index (χ2n) is 4.93. The molecule has 1 fully saturated rings. The fourth-order valence-electron chi connectivity index (χ4n) is 2.40. The molecule has 4 nitrogen and oxygen atoms in total. The molecule has 2 amide bonds. The number of carbonyl (C=O) groups excluding carboxylic acids is 2. The van der Waals surface area contributed by atoms with Gasteiger partial charge in [-0.15, -0.1) is 0 Å². The Hall–Kier alpha value is -2.40. The number of hydrogen-bond donors (Lipinski definition) is 1. The van der Waals surface area contributed by atoms with E-state index in [4.69, 9.17) is 11.6 Å². The maximum Gasteiger partial charge on any atom is 0.256 e. The van der Waals surface area contributed by atoms with Gasteiger partial charge in [0.1, 0.15) is 11.9 Å². The number of nitrogens with zero attached hydrogens (tertiary/aromatic N) is 1. The molecule has 0 aliphatic carbocycles. The molecule has 0 spiro atoms. The van der Waals surface area contributed by atoms with Crippen LogP contribution in [0.5, 0.6) is 0 Å². The molecule has 3 rings (SSSR count). The summed E-state index contributed by atoms with van der Waals surface area (Å²) < 4.78 is 13.7. The Bertz CT molecular complexity index is 750. The van der Waals surface area contributed by atoms with Crippen molar-refractivity contribution in [3.05, 3.63) is 59.4 Å². The third-order valence-corrected chi connectivity index (χ3v) is 3.65. The monoisotopic (exact) mass is 318 g/mol. The zero-order chi connectivity index (χ0) is 15.7. The van der Waals surface area contributed by atoms with E-state index in [1.807, 2.05) is 0 Å². The van der Waals surface area contributed by atoms with Gasteiger partial charge >= 0.3 is 0 Å². The van der Waals surface area contributed by atoms with E-state index in [0.29, 0.717) is 10.7 Å². The lowest BCUT2D eigenvalue weighted by molar-refractivity contribution is -0.121. The minimum absolute atomic E-state index is 0.0281. The Kier molecular flexibility index (Phi) is 3.81. The van der Waals surface area contributed by atoms with Crippen molar-refractivity contribution in [1.29, 1.82) is 0 Å². The van der Waals surface area contributed by atoms with Crippen molar-refractivity contribution in [3.8, 4) is 0 Å². The first-order valence-electron chi connectivity index (χ1n) is 6.69. The Morgan fingerprint density at radius 3 is 2.64 bits per heavy atom. The number of nitrogens with one attached hydrogen (secondary N) is 1. The third kappa shape index (κ3) is 2.67. The van der Waals surface area contributed by atoms with Crippen LogP contribution in [0.3, 0.4) is 0 Å². The van der Waals surface area contributed by atoms with Crippen molar-refractivity contribution < 1.29 is 14.0 Å². The van der Waals surface area contributed by atoms with Gasteiger partial charge in [-0.1, -0.05) is 29.8 Å². The van der Waals surface area contributed by atoms with E-state index in [2.05, 4.69) is 5.32 Å². The molecule has 1 unspecified atom stereocenters. The zero-order valence-electron chi connectivity index (χ0n) is 11.4. The lowest BCUT2D eigenvalue weighted by atomic mass is 10.2. The fraction of sp³-hybridized carbons (Fsp3) is 0.125. The van der Waals surface area contributed by atoms with Crippen LogP contribution in [0.25, 0.3) is 0 Å². The quantitative estimate of drug-likeness (QED) is 0.884. The van der Waals surface area contributed by atoms with Gasteiger partial charge in [0.25, 0.3) is 5.91 Å². The number of imide groups is 1. The van der Waals surface area contributed by atoms with E-state index in [0.717, 1.165) is 4.90 Å². The van der Waals surface area contributed by atoms with Crippen LogP contribution in [0.4, 0.5) is 15.8 Å². The lowest BCUT2D eigenvalue weighted by Gasteiger charge is -2.16. The van der Waals surface area contributed by atoms with Gasteiger partial charge in [-0.25, -0.2) is 9.29 Å². The SMILES string of the molecule is O=C1CC(Nc2ccccc2F)C(=O)N1c1cccc(Cl)c1. The summed E-state index contributed by atoms with van der Waals surface area (Å²) in [5.74, 6) is -1.24. The van der Waals surface area contributed by atoms with Crippen molar-refractivity contribution in [3.63, 3.8) is 0 Å². The molecule has 2 aromatic carbocycles. The molecule has 2 aromatic rings. The normalized spacial score (nSPS) is 17.9. The summed E-state index contributed by atoms with van der Waals surface area (Å²) in [7, 11) is 0. The lowest BCUT2D eigenvalue weighted by Crippen LogP contribution is -2.34. The summed E-state index contributed by atoms with van der Waals surface area (Å²) in [4.78, 5) is 25.6. The average Bonchev–Trinajstić information content (AvgIpc) is 2.76. The average molecular weight is 319 g/mol. The molecule has 0 saturated carbocycles. The molecule has 0 radical (unpaired) electrons. The second-order valence-corrected chi connectivity index (χ2v) is 5.36. The first-order valence-corrected chi connectivity index (χ1v) is 7.07. The number of benzene rings is 2. The molecule has 1 saturated heterocycles. The summed E-state index contributed by atoms with van der Waals surface area (Å²) in [6.45, 7) is 0. The van der Waals surface area contributed by atoms with E-state index in [1.54, 1.807) is 36.4 Å². The first kappa shape index (κ1) is 14.5. The Labute approximate surface area is 131 Å². The standard InChI is InChI=1S/C16H12ClFN2O2/c17-10-4-3-5-11(8-10)20-15(21)9-14(16(20)22)19-13-7-2-1-6-12(13)18/h1-8,14,19H,9H2. The van der Waals surface area contributed by atoms with Gasteiger partial charge in [0.2, 0.25) is 5.91 Å². The highest BCUT2D eigenvalue weighted by Crippen LogP contribution is 2.27. The number of rotatable bonds is 3. The van der Waals surface area contributed by atoms with Gasteiger partial charge in [0.15, 0.2) is 0 Å². The molecule has 6 heteroatoms. The summed E-state index contributed by atoms with van der Waals surface area (Å²) in [5, 5.41) is 3.22. The summed E-state index contributed by atoms with van der Waals surface area (Å²) in [6, 6.07) is 11.7. The zero-order valence-corrected chi connectivity index (χ0v) is 12.2. The second kappa shape index (κ2) is 5.77. The van der Waals surface area contributed by atoms with Crippen LogP contribution < -0.4 is 10.2 Å². The maximum atomic E-state index is 13.7. The topological polar surface area (TPSA) is 49.4 Å². The van der Waals surface area contributed by atoms with Gasteiger partial charge in [0.05, 0.1) is 17.8 Å². The predicted octanol–water partition coefficient (Wildman–Crippen LogP) is 3.22. The molecule has 1 heterocycles. The van der Waals surface area contributed by atoms with Gasteiger partial charge in [0, 0.05) is 5.02 Å². The van der Waals surface area contributed by atoms with Crippen molar-refractivity contribution >= 4 is 34.8 Å². The number of anilines is 2. The van der Waals surface area contributed by atoms with Crippen LogP contribution in [0.2, 0.25) is 5.02 Å². The van der Waals surface area contributed by atoms with Crippen LogP contribution in [0.1, 0.15) is 6.42 Å². The van der Waals surface area contributed by atoms with Gasteiger partial charge < -0.3 is 5.32 Å². The van der Waals surface area contributed by atoms with E-state index < -0.39 is 17.8 Å². The fourth-order valence-corrected chi connectivity index (χ4v) is 2.58. The Morgan fingerprint density at radius 1 is 1.14 bits per heavy atom. The molecule has 1 atom stereocenters. The number of halogens is 2. The smallest absolute Gasteiger partial charge is 0.256 e. The van der Waals surface area contributed by atoms with Gasteiger partial charge in [-0.3, -0.25) is 9.59 Å². The Balaban J connectivity index is 1.84. The van der Waals surface area contributed by atoms with Crippen molar-refractivity contribution in [2.45, 2.75) is 12.5 Å². The largest absolute Gasteiger partial charge is 0.371 e. The van der Waals surface area contributed by atoms with Gasteiger partial charge in [-0.2, -0.15) is 0 Å². The van der Waals surface area contributed by atoms with Gasteiger partial charge in [-0.05, 0) is 30.3 Å². The third-order valence-electron chi connectivity index (χ3n) is 3.42. The first-order chi connectivity index (χ1) is 10.6. The van der Waals surface area contributed by atoms with Crippen LogP contribution in [-0.4, -0.2) is 17.9 Å².